The summed E-state index contributed by atoms with van der Waals surface area (Å²) < 4.78 is 4.84. The first-order valence-corrected chi connectivity index (χ1v) is 5.62. The minimum atomic E-state index is -0.333. The van der Waals surface area contributed by atoms with Gasteiger partial charge >= 0.3 is 6.01 Å². The van der Waals surface area contributed by atoms with Crippen LogP contribution in [0.2, 0.25) is 0 Å². The number of rotatable bonds is 2. The molecule has 7 nitrogen and oxygen atoms in total. The van der Waals surface area contributed by atoms with Crippen LogP contribution >= 0.6 is 0 Å². The summed E-state index contributed by atoms with van der Waals surface area (Å²) >= 11 is 0. The zero-order valence-electron chi connectivity index (χ0n) is 10.1. The highest BCUT2D eigenvalue weighted by atomic mass is 16.5. The lowest BCUT2D eigenvalue weighted by Crippen LogP contribution is -2.11. The number of aromatic amines is 1. The van der Waals surface area contributed by atoms with Crippen LogP contribution in [-0.2, 0) is 0 Å². The number of fused-ring (bicyclic) bond motifs is 1. The number of hydrogen-bond acceptors (Lipinski definition) is 5. The van der Waals surface area contributed by atoms with E-state index in [0.717, 1.165) is 10.9 Å². The van der Waals surface area contributed by atoms with Crippen LogP contribution in [-0.4, -0.2) is 21.0 Å². The number of H-pyrrole nitrogens is 1. The van der Waals surface area contributed by atoms with E-state index in [2.05, 4.69) is 20.4 Å². The number of nitrogen functional groups attached to an aromatic ring is 1. The summed E-state index contributed by atoms with van der Waals surface area (Å²) in [6, 6.07) is 5.39. The molecule has 0 aliphatic heterocycles. The van der Waals surface area contributed by atoms with Crippen molar-refractivity contribution in [1.82, 2.24) is 15.1 Å². The van der Waals surface area contributed by atoms with Crippen LogP contribution in [0.4, 0.5) is 11.7 Å². The third-order valence-corrected chi connectivity index (χ3v) is 2.70. The lowest BCUT2D eigenvalue weighted by molar-refractivity contribution is 0.102. The van der Waals surface area contributed by atoms with E-state index in [1.807, 2.05) is 6.07 Å². The summed E-state index contributed by atoms with van der Waals surface area (Å²) in [5.41, 5.74) is 7.62. The van der Waals surface area contributed by atoms with Crippen molar-refractivity contribution in [3.8, 4) is 0 Å². The van der Waals surface area contributed by atoms with E-state index < -0.39 is 0 Å². The van der Waals surface area contributed by atoms with Gasteiger partial charge in [-0.2, -0.15) is 4.98 Å². The molecule has 0 atom stereocenters. The molecule has 1 amide bonds. The molecule has 3 aromatic rings. The number of nitrogens with two attached hydrogens (primary N) is 1. The molecule has 2 heterocycles. The zero-order chi connectivity index (χ0) is 13.4. The van der Waals surface area contributed by atoms with E-state index in [1.165, 1.54) is 0 Å². The van der Waals surface area contributed by atoms with E-state index in [1.54, 1.807) is 25.3 Å². The van der Waals surface area contributed by atoms with Crippen molar-refractivity contribution in [2.75, 3.05) is 11.1 Å². The molecule has 19 heavy (non-hydrogen) atoms. The Kier molecular flexibility index (Phi) is 2.45. The molecule has 2 aromatic heterocycles. The van der Waals surface area contributed by atoms with Crippen molar-refractivity contribution in [2.24, 2.45) is 0 Å². The van der Waals surface area contributed by atoms with Gasteiger partial charge in [0, 0.05) is 22.8 Å². The molecular weight excluding hydrogens is 246 g/mol. The Morgan fingerprint density at radius 2 is 2.32 bits per heavy atom. The van der Waals surface area contributed by atoms with E-state index in [0.29, 0.717) is 17.1 Å². The van der Waals surface area contributed by atoms with Gasteiger partial charge in [0.05, 0.1) is 5.56 Å². The van der Waals surface area contributed by atoms with Gasteiger partial charge < -0.3 is 15.2 Å². The Morgan fingerprint density at radius 1 is 1.47 bits per heavy atom. The van der Waals surface area contributed by atoms with Gasteiger partial charge in [-0.05, 0) is 25.1 Å². The molecule has 0 unspecified atom stereocenters. The van der Waals surface area contributed by atoms with Crippen molar-refractivity contribution < 1.29 is 9.32 Å². The molecule has 0 fully saturated rings. The summed E-state index contributed by atoms with van der Waals surface area (Å²) in [6.45, 7) is 1.67. The average Bonchev–Trinajstić information content (AvgIpc) is 2.95. The standard InChI is InChI=1S/C12H11N5O2/c1-6-15-12(19-17-6)16-11(18)9-5-14-10-3-2-7(13)4-8(9)10/h2-5,14H,13H2,1H3,(H,15,16,17,18). The van der Waals surface area contributed by atoms with Crippen LogP contribution in [0.5, 0.6) is 0 Å². The lowest BCUT2D eigenvalue weighted by Gasteiger charge is -1.99. The third kappa shape index (κ3) is 2.01. The van der Waals surface area contributed by atoms with Crippen molar-refractivity contribution in [1.29, 1.82) is 0 Å². The summed E-state index contributed by atoms with van der Waals surface area (Å²) in [5.74, 6) is 0.124. The van der Waals surface area contributed by atoms with Gasteiger partial charge in [-0.25, -0.2) is 0 Å². The second-order valence-corrected chi connectivity index (χ2v) is 4.11. The number of nitrogens with one attached hydrogen (secondary N) is 2. The maximum absolute atomic E-state index is 12.1. The fraction of sp³-hybridized carbons (Fsp3) is 0.0833. The molecule has 0 spiro atoms. The highest BCUT2D eigenvalue weighted by Gasteiger charge is 2.14. The number of aromatic nitrogens is 3. The topological polar surface area (TPSA) is 110 Å². The molecule has 0 radical (unpaired) electrons. The fourth-order valence-electron chi connectivity index (χ4n) is 1.84. The average molecular weight is 257 g/mol. The van der Waals surface area contributed by atoms with Crippen molar-refractivity contribution in [2.45, 2.75) is 6.92 Å². The minimum absolute atomic E-state index is 0.0701. The Bertz CT molecular complexity index is 758. The first-order chi connectivity index (χ1) is 9.13. The zero-order valence-corrected chi connectivity index (χ0v) is 10.1. The fourth-order valence-corrected chi connectivity index (χ4v) is 1.84. The summed E-state index contributed by atoms with van der Waals surface area (Å²) in [4.78, 5) is 19.0. The molecule has 7 heteroatoms. The second kappa shape index (κ2) is 4.13. The molecule has 4 N–H and O–H groups in total. The number of hydrogen-bond donors (Lipinski definition) is 3. The van der Waals surface area contributed by atoms with Gasteiger partial charge in [-0.15, -0.1) is 0 Å². The Balaban J connectivity index is 1.95. The lowest BCUT2D eigenvalue weighted by atomic mass is 10.1. The molecule has 0 aliphatic carbocycles. The molecule has 0 saturated carbocycles. The smallest absolute Gasteiger partial charge is 0.328 e. The van der Waals surface area contributed by atoms with Gasteiger partial charge in [0.2, 0.25) is 0 Å². The number of anilines is 2. The molecule has 3 rings (SSSR count). The molecule has 96 valence electrons. The largest absolute Gasteiger partial charge is 0.399 e. The predicted molar refractivity (Wildman–Crippen MR) is 69.7 cm³/mol. The van der Waals surface area contributed by atoms with Gasteiger partial charge in [0.25, 0.3) is 5.91 Å². The molecule has 0 bridgehead atoms. The highest BCUT2D eigenvalue weighted by Crippen LogP contribution is 2.21. The van der Waals surface area contributed by atoms with Crippen molar-refractivity contribution >= 4 is 28.5 Å². The normalized spacial score (nSPS) is 10.8. The van der Waals surface area contributed by atoms with Crippen LogP contribution in [0.25, 0.3) is 10.9 Å². The summed E-state index contributed by atoms with van der Waals surface area (Å²) in [6.07, 6.45) is 1.61. The second-order valence-electron chi connectivity index (χ2n) is 4.11. The van der Waals surface area contributed by atoms with Crippen LogP contribution < -0.4 is 11.1 Å². The maximum atomic E-state index is 12.1. The maximum Gasteiger partial charge on any atom is 0.328 e. The van der Waals surface area contributed by atoms with E-state index in [-0.39, 0.29) is 11.9 Å². The Labute approximate surface area is 107 Å². The number of carbonyl (C=O) groups is 1. The van der Waals surface area contributed by atoms with Gasteiger partial charge in [0.1, 0.15) is 0 Å². The number of benzene rings is 1. The quantitative estimate of drug-likeness (QED) is 0.605. The highest BCUT2D eigenvalue weighted by molar-refractivity contribution is 6.12. The van der Waals surface area contributed by atoms with Crippen LogP contribution in [0.3, 0.4) is 0 Å². The predicted octanol–water partition coefficient (Wildman–Crippen LogP) is 1.69. The van der Waals surface area contributed by atoms with Crippen molar-refractivity contribution in [3.63, 3.8) is 0 Å². The van der Waals surface area contributed by atoms with Gasteiger partial charge in [-0.1, -0.05) is 5.16 Å². The number of amides is 1. The minimum Gasteiger partial charge on any atom is -0.399 e. The Hall–Kier alpha value is -2.83. The number of carbonyl (C=O) groups excluding carboxylic acids is 1. The van der Waals surface area contributed by atoms with Gasteiger partial charge in [-0.3, -0.25) is 10.1 Å². The number of aryl methyl sites for hydroxylation is 1. The van der Waals surface area contributed by atoms with Crippen molar-refractivity contribution in [3.05, 3.63) is 35.8 Å². The first kappa shape index (κ1) is 11.3. The van der Waals surface area contributed by atoms with Crippen LogP contribution in [0.1, 0.15) is 16.2 Å². The molecular formula is C12H11N5O2. The van der Waals surface area contributed by atoms with Crippen LogP contribution in [0.15, 0.2) is 28.9 Å². The van der Waals surface area contributed by atoms with E-state index >= 15 is 0 Å². The third-order valence-electron chi connectivity index (χ3n) is 2.70. The molecule has 0 saturated heterocycles. The summed E-state index contributed by atoms with van der Waals surface area (Å²) in [5, 5.41) is 6.88. The first-order valence-electron chi connectivity index (χ1n) is 5.62. The van der Waals surface area contributed by atoms with Gasteiger partial charge in [0.15, 0.2) is 5.82 Å². The van der Waals surface area contributed by atoms with E-state index in [9.17, 15) is 4.79 Å². The molecule has 1 aromatic carbocycles. The van der Waals surface area contributed by atoms with E-state index in [4.69, 9.17) is 10.3 Å². The Morgan fingerprint density at radius 3 is 3.05 bits per heavy atom. The van der Waals surface area contributed by atoms with Crippen LogP contribution in [0, 0.1) is 6.92 Å². The summed E-state index contributed by atoms with van der Waals surface area (Å²) in [7, 11) is 0. The monoisotopic (exact) mass is 257 g/mol. The molecule has 0 aliphatic rings. The SMILES string of the molecule is Cc1noc(NC(=O)c2c[nH]c3ccc(N)cc23)n1. The number of nitrogens with zero attached hydrogens (tertiary/aromatic N) is 2.